The van der Waals surface area contributed by atoms with Gasteiger partial charge in [0, 0.05) is 29.2 Å². The van der Waals surface area contributed by atoms with Gasteiger partial charge in [0.25, 0.3) is 0 Å². The van der Waals surface area contributed by atoms with E-state index >= 15 is 0 Å². The summed E-state index contributed by atoms with van der Waals surface area (Å²) < 4.78 is 6.53. The number of H-pyrrole nitrogens is 1. The van der Waals surface area contributed by atoms with Crippen molar-refractivity contribution in [3.05, 3.63) is 35.5 Å². The number of hydrogen-bond acceptors (Lipinski definition) is 7. The van der Waals surface area contributed by atoms with E-state index in [0.717, 1.165) is 33.5 Å². The van der Waals surface area contributed by atoms with Gasteiger partial charge in [0.15, 0.2) is 17.3 Å². The lowest BCUT2D eigenvalue weighted by Gasteiger charge is -2.34. The van der Waals surface area contributed by atoms with E-state index in [1.165, 1.54) is 11.3 Å². The second kappa shape index (κ2) is 6.76. The Balaban J connectivity index is 1.76. The van der Waals surface area contributed by atoms with Gasteiger partial charge in [-0.25, -0.2) is 15.0 Å². The molecule has 1 fully saturated rings. The standard InChI is InChI=1S/C21H23N5O2S/c1-12-11-28-10-9-26(12)19-16-18(25-20(29-16)21(2,3)27)23-17(24-19)14-5-4-6-15-13(14)7-8-22-15/h4-8,12,22,27H,9-11H2,1-3H3/t12-/m1/s1. The van der Waals surface area contributed by atoms with E-state index in [2.05, 4.69) is 21.8 Å². The van der Waals surface area contributed by atoms with Gasteiger partial charge in [0.1, 0.15) is 15.3 Å². The van der Waals surface area contributed by atoms with Gasteiger partial charge in [0.2, 0.25) is 0 Å². The highest BCUT2D eigenvalue weighted by Crippen LogP contribution is 2.37. The first-order valence-electron chi connectivity index (χ1n) is 9.74. The van der Waals surface area contributed by atoms with E-state index in [-0.39, 0.29) is 6.04 Å². The second-order valence-electron chi connectivity index (χ2n) is 7.96. The molecule has 0 spiro atoms. The highest BCUT2D eigenvalue weighted by Gasteiger charge is 2.28. The van der Waals surface area contributed by atoms with Gasteiger partial charge in [-0.1, -0.05) is 12.1 Å². The van der Waals surface area contributed by atoms with Gasteiger partial charge in [-0.05, 0) is 32.9 Å². The lowest BCUT2D eigenvalue weighted by atomic mass is 10.1. The third kappa shape index (κ3) is 3.17. The van der Waals surface area contributed by atoms with Crippen LogP contribution < -0.4 is 4.90 Å². The van der Waals surface area contributed by atoms with E-state index < -0.39 is 5.60 Å². The molecule has 0 saturated carbocycles. The second-order valence-corrected chi connectivity index (χ2v) is 8.96. The van der Waals surface area contributed by atoms with E-state index in [1.807, 2.05) is 30.5 Å². The zero-order valence-corrected chi connectivity index (χ0v) is 17.5. The van der Waals surface area contributed by atoms with Crippen LogP contribution in [-0.2, 0) is 10.3 Å². The number of nitrogens with one attached hydrogen (secondary N) is 1. The van der Waals surface area contributed by atoms with Crippen molar-refractivity contribution in [1.29, 1.82) is 0 Å². The van der Waals surface area contributed by atoms with Crippen molar-refractivity contribution in [2.45, 2.75) is 32.4 Å². The number of aromatic nitrogens is 4. The van der Waals surface area contributed by atoms with Gasteiger partial charge in [-0.15, -0.1) is 11.3 Å². The van der Waals surface area contributed by atoms with Gasteiger partial charge in [0.05, 0.1) is 19.3 Å². The summed E-state index contributed by atoms with van der Waals surface area (Å²) >= 11 is 1.46. The summed E-state index contributed by atoms with van der Waals surface area (Å²) in [5.41, 5.74) is 1.60. The maximum atomic E-state index is 10.5. The monoisotopic (exact) mass is 409 g/mol. The Morgan fingerprint density at radius 3 is 2.90 bits per heavy atom. The summed E-state index contributed by atoms with van der Waals surface area (Å²) in [6.45, 7) is 7.71. The van der Waals surface area contributed by atoms with Crippen molar-refractivity contribution in [2.24, 2.45) is 0 Å². The molecule has 1 saturated heterocycles. The molecule has 1 aliphatic rings. The third-order valence-corrected chi connectivity index (χ3v) is 6.59. The van der Waals surface area contributed by atoms with Crippen LogP contribution in [0, 0.1) is 0 Å². The molecule has 4 heterocycles. The summed E-state index contributed by atoms with van der Waals surface area (Å²) in [4.78, 5) is 20.0. The number of aliphatic hydroxyl groups is 1. The van der Waals surface area contributed by atoms with Crippen LogP contribution in [0.5, 0.6) is 0 Å². The number of benzene rings is 1. The average molecular weight is 410 g/mol. The number of ether oxygens (including phenoxy) is 1. The van der Waals surface area contributed by atoms with Crippen LogP contribution in [0.25, 0.3) is 32.6 Å². The lowest BCUT2D eigenvalue weighted by molar-refractivity contribution is 0.0784. The Morgan fingerprint density at radius 2 is 2.10 bits per heavy atom. The summed E-state index contributed by atoms with van der Waals surface area (Å²) in [5, 5.41) is 12.2. The highest BCUT2D eigenvalue weighted by atomic mass is 32.1. The number of hydrogen-bond donors (Lipinski definition) is 2. The fraction of sp³-hybridized carbons (Fsp3) is 0.381. The highest BCUT2D eigenvalue weighted by molar-refractivity contribution is 7.19. The molecular weight excluding hydrogens is 386 g/mol. The van der Waals surface area contributed by atoms with Gasteiger partial charge in [-0.2, -0.15) is 0 Å². The molecule has 0 radical (unpaired) electrons. The number of rotatable bonds is 3. The van der Waals surface area contributed by atoms with Crippen LogP contribution in [0.4, 0.5) is 5.82 Å². The lowest BCUT2D eigenvalue weighted by Crippen LogP contribution is -2.44. The topological polar surface area (TPSA) is 87.2 Å². The van der Waals surface area contributed by atoms with E-state index in [0.29, 0.717) is 29.7 Å². The first kappa shape index (κ1) is 18.5. The number of fused-ring (bicyclic) bond motifs is 2. The van der Waals surface area contributed by atoms with E-state index in [9.17, 15) is 5.11 Å². The van der Waals surface area contributed by atoms with E-state index in [1.54, 1.807) is 13.8 Å². The minimum absolute atomic E-state index is 0.199. The molecule has 150 valence electrons. The van der Waals surface area contributed by atoms with Crippen molar-refractivity contribution < 1.29 is 9.84 Å². The Hall–Kier alpha value is -2.55. The Labute approximate surface area is 172 Å². The zero-order chi connectivity index (χ0) is 20.2. The average Bonchev–Trinajstić information content (AvgIpc) is 3.34. The maximum absolute atomic E-state index is 10.5. The Kier molecular flexibility index (Phi) is 4.31. The molecule has 0 aliphatic carbocycles. The van der Waals surface area contributed by atoms with Crippen molar-refractivity contribution >= 4 is 38.4 Å². The molecule has 0 bridgehead atoms. The molecule has 8 heteroatoms. The van der Waals surface area contributed by atoms with Crippen LogP contribution in [-0.4, -0.2) is 50.8 Å². The number of aromatic amines is 1. The van der Waals surface area contributed by atoms with Crippen molar-refractivity contribution in [1.82, 2.24) is 19.9 Å². The predicted molar refractivity (Wildman–Crippen MR) is 115 cm³/mol. The quantitative estimate of drug-likeness (QED) is 0.537. The molecule has 2 N–H and O–H groups in total. The van der Waals surface area contributed by atoms with Gasteiger partial charge >= 0.3 is 0 Å². The largest absolute Gasteiger partial charge is 0.383 e. The maximum Gasteiger partial charge on any atom is 0.176 e. The number of morpholine rings is 1. The molecule has 7 nitrogen and oxygen atoms in total. The number of anilines is 1. The summed E-state index contributed by atoms with van der Waals surface area (Å²) in [7, 11) is 0. The van der Waals surface area contributed by atoms with Crippen molar-refractivity contribution in [3.8, 4) is 11.4 Å². The SMILES string of the molecule is C[C@@H]1COCCN1c1nc(-c2cccc3[nH]ccc23)nc2nc(C(C)(C)O)sc12. The van der Waals surface area contributed by atoms with Crippen LogP contribution >= 0.6 is 11.3 Å². The third-order valence-electron chi connectivity index (χ3n) is 5.23. The normalized spacial score (nSPS) is 18.1. The fourth-order valence-corrected chi connectivity index (χ4v) is 4.72. The van der Waals surface area contributed by atoms with Gasteiger partial charge in [-0.3, -0.25) is 0 Å². The number of nitrogens with zero attached hydrogens (tertiary/aromatic N) is 4. The molecular formula is C21H23N5O2S. The molecule has 29 heavy (non-hydrogen) atoms. The summed E-state index contributed by atoms with van der Waals surface area (Å²) in [6, 6.07) is 8.32. The van der Waals surface area contributed by atoms with Crippen LogP contribution in [0.15, 0.2) is 30.5 Å². The molecule has 1 aromatic carbocycles. The van der Waals surface area contributed by atoms with Crippen LogP contribution in [0.3, 0.4) is 0 Å². The summed E-state index contributed by atoms with van der Waals surface area (Å²) in [5.74, 6) is 1.50. The first-order chi connectivity index (χ1) is 13.9. The van der Waals surface area contributed by atoms with Crippen LogP contribution in [0.2, 0.25) is 0 Å². The van der Waals surface area contributed by atoms with Crippen molar-refractivity contribution in [3.63, 3.8) is 0 Å². The number of thiazole rings is 1. The molecule has 3 aromatic heterocycles. The van der Waals surface area contributed by atoms with Crippen molar-refractivity contribution in [2.75, 3.05) is 24.7 Å². The smallest absolute Gasteiger partial charge is 0.176 e. The van der Waals surface area contributed by atoms with Crippen LogP contribution in [0.1, 0.15) is 25.8 Å². The molecule has 0 unspecified atom stereocenters. The fourth-order valence-electron chi connectivity index (χ4n) is 3.71. The zero-order valence-electron chi connectivity index (χ0n) is 16.6. The minimum Gasteiger partial charge on any atom is -0.383 e. The molecule has 1 atom stereocenters. The first-order valence-corrected chi connectivity index (χ1v) is 10.6. The summed E-state index contributed by atoms with van der Waals surface area (Å²) in [6.07, 6.45) is 1.92. The molecule has 0 amide bonds. The minimum atomic E-state index is -1.03. The molecule has 1 aliphatic heterocycles. The Morgan fingerprint density at radius 1 is 1.24 bits per heavy atom. The molecule has 4 aromatic rings. The van der Waals surface area contributed by atoms with Gasteiger partial charge < -0.3 is 19.7 Å². The van der Waals surface area contributed by atoms with E-state index in [4.69, 9.17) is 14.7 Å². The molecule has 5 rings (SSSR count). The Bertz CT molecular complexity index is 1190. The predicted octanol–water partition coefficient (Wildman–Crippen LogP) is 3.69.